The van der Waals surface area contributed by atoms with Gasteiger partial charge in [0.15, 0.2) is 4.34 Å². The van der Waals surface area contributed by atoms with Crippen LogP contribution in [0.4, 0.5) is 0 Å². The second-order valence-corrected chi connectivity index (χ2v) is 5.57. The van der Waals surface area contributed by atoms with E-state index >= 15 is 0 Å². The Bertz CT molecular complexity index is 515. The molecule has 2 aromatic rings. The zero-order valence-electron chi connectivity index (χ0n) is 9.83. The van der Waals surface area contributed by atoms with Crippen LogP contribution in [-0.4, -0.2) is 23.3 Å². The SMILES string of the molecule is COC(=O)Cc1ccccc1CSc1nncs1. The van der Waals surface area contributed by atoms with Gasteiger partial charge in [-0.3, -0.25) is 4.79 Å². The van der Waals surface area contributed by atoms with E-state index in [1.54, 1.807) is 17.3 Å². The van der Waals surface area contributed by atoms with Crippen molar-refractivity contribution in [3.8, 4) is 0 Å². The van der Waals surface area contributed by atoms with Gasteiger partial charge in [-0.05, 0) is 11.1 Å². The summed E-state index contributed by atoms with van der Waals surface area (Å²) in [6.45, 7) is 0. The summed E-state index contributed by atoms with van der Waals surface area (Å²) in [6, 6.07) is 7.87. The van der Waals surface area contributed by atoms with Crippen LogP contribution in [0.3, 0.4) is 0 Å². The van der Waals surface area contributed by atoms with Crippen LogP contribution in [0.5, 0.6) is 0 Å². The summed E-state index contributed by atoms with van der Waals surface area (Å²) in [7, 11) is 1.40. The summed E-state index contributed by atoms with van der Waals surface area (Å²) in [6.07, 6.45) is 0.309. The van der Waals surface area contributed by atoms with Crippen molar-refractivity contribution in [2.45, 2.75) is 16.5 Å². The molecule has 1 heterocycles. The third kappa shape index (κ3) is 3.54. The lowest BCUT2D eigenvalue weighted by molar-refractivity contribution is -0.139. The Morgan fingerprint density at radius 2 is 2.17 bits per heavy atom. The fourth-order valence-corrected chi connectivity index (χ4v) is 2.99. The Morgan fingerprint density at radius 3 is 2.83 bits per heavy atom. The van der Waals surface area contributed by atoms with Crippen LogP contribution in [0.15, 0.2) is 34.1 Å². The zero-order valence-corrected chi connectivity index (χ0v) is 11.5. The average Bonchev–Trinajstić information content (AvgIpc) is 2.91. The van der Waals surface area contributed by atoms with Gasteiger partial charge in [0.1, 0.15) is 5.51 Å². The van der Waals surface area contributed by atoms with Crippen molar-refractivity contribution in [1.29, 1.82) is 0 Å². The first-order valence-corrected chi connectivity index (χ1v) is 7.18. The molecule has 1 aromatic heterocycles. The Labute approximate surface area is 113 Å². The van der Waals surface area contributed by atoms with Crippen LogP contribution < -0.4 is 0 Å². The molecule has 0 N–H and O–H groups in total. The number of esters is 1. The van der Waals surface area contributed by atoms with E-state index < -0.39 is 0 Å². The van der Waals surface area contributed by atoms with Crippen LogP contribution in [0.2, 0.25) is 0 Å². The molecule has 0 unspecified atom stereocenters. The van der Waals surface area contributed by atoms with Gasteiger partial charge < -0.3 is 4.74 Å². The van der Waals surface area contributed by atoms with Crippen molar-refractivity contribution in [2.24, 2.45) is 0 Å². The highest BCUT2D eigenvalue weighted by Gasteiger charge is 2.08. The van der Waals surface area contributed by atoms with E-state index in [2.05, 4.69) is 10.2 Å². The first kappa shape index (κ1) is 13.0. The number of hydrogen-bond donors (Lipinski definition) is 0. The third-order valence-electron chi connectivity index (χ3n) is 2.37. The normalized spacial score (nSPS) is 10.3. The van der Waals surface area contributed by atoms with Gasteiger partial charge in [-0.2, -0.15) is 0 Å². The third-order valence-corrected chi connectivity index (χ3v) is 4.28. The fourth-order valence-electron chi connectivity index (χ4n) is 1.46. The highest BCUT2D eigenvalue weighted by Crippen LogP contribution is 2.25. The molecule has 0 aliphatic rings. The fraction of sp³-hybridized carbons (Fsp3) is 0.250. The topological polar surface area (TPSA) is 52.1 Å². The quantitative estimate of drug-likeness (QED) is 0.622. The van der Waals surface area contributed by atoms with Crippen molar-refractivity contribution in [3.63, 3.8) is 0 Å². The molecule has 0 atom stereocenters. The number of aromatic nitrogens is 2. The number of carbonyl (C=O) groups excluding carboxylic acids is 1. The first-order chi connectivity index (χ1) is 8.79. The molecular formula is C12H12N2O2S2. The van der Waals surface area contributed by atoms with Crippen molar-refractivity contribution < 1.29 is 9.53 Å². The van der Waals surface area contributed by atoms with E-state index in [-0.39, 0.29) is 5.97 Å². The number of carbonyl (C=O) groups is 1. The number of rotatable bonds is 5. The standard InChI is InChI=1S/C12H12N2O2S2/c1-16-11(15)6-9-4-2-3-5-10(9)7-17-12-14-13-8-18-12/h2-5,8H,6-7H2,1H3. The lowest BCUT2D eigenvalue weighted by Crippen LogP contribution is -2.06. The predicted molar refractivity (Wildman–Crippen MR) is 71.6 cm³/mol. The average molecular weight is 280 g/mol. The van der Waals surface area contributed by atoms with E-state index in [1.807, 2.05) is 24.3 Å². The van der Waals surface area contributed by atoms with E-state index in [0.717, 1.165) is 21.2 Å². The summed E-state index contributed by atoms with van der Waals surface area (Å²) in [5.74, 6) is 0.561. The maximum absolute atomic E-state index is 11.3. The van der Waals surface area contributed by atoms with Gasteiger partial charge in [0.25, 0.3) is 0 Å². The predicted octanol–water partition coefficient (Wildman–Crippen LogP) is 2.55. The maximum atomic E-state index is 11.3. The molecule has 0 radical (unpaired) electrons. The molecule has 0 fully saturated rings. The Kier molecular flexibility index (Phi) is 4.72. The van der Waals surface area contributed by atoms with Crippen LogP contribution in [0.25, 0.3) is 0 Å². The molecule has 0 bridgehead atoms. The summed E-state index contributed by atoms with van der Waals surface area (Å²) < 4.78 is 5.63. The molecule has 18 heavy (non-hydrogen) atoms. The van der Waals surface area contributed by atoms with Crippen molar-refractivity contribution in [2.75, 3.05) is 7.11 Å². The maximum Gasteiger partial charge on any atom is 0.309 e. The molecule has 4 nitrogen and oxygen atoms in total. The first-order valence-electron chi connectivity index (χ1n) is 5.32. The van der Waals surface area contributed by atoms with Crippen LogP contribution >= 0.6 is 23.1 Å². The molecule has 0 amide bonds. The minimum absolute atomic E-state index is 0.219. The zero-order chi connectivity index (χ0) is 12.8. The highest BCUT2D eigenvalue weighted by atomic mass is 32.2. The van der Waals surface area contributed by atoms with Crippen molar-refractivity contribution in [1.82, 2.24) is 10.2 Å². The van der Waals surface area contributed by atoms with Gasteiger partial charge in [0.05, 0.1) is 13.5 Å². The van der Waals surface area contributed by atoms with Crippen LogP contribution in [-0.2, 0) is 21.7 Å². The van der Waals surface area contributed by atoms with Crippen molar-refractivity contribution >= 4 is 29.1 Å². The summed E-state index contributed by atoms with van der Waals surface area (Å²) in [5.41, 5.74) is 3.84. The lowest BCUT2D eigenvalue weighted by Gasteiger charge is -2.07. The number of ether oxygens (including phenoxy) is 1. The van der Waals surface area contributed by atoms with Gasteiger partial charge in [0.2, 0.25) is 0 Å². The van der Waals surface area contributed by atoms with E-state index in [0.29, 0.717) is 6.42 Å². The largest absolute Gasteiger partial charge is 0.469 e. The number of thioether (sulfide) groups is 1. The monoisotopic (exact) mass is 280 g/mol. The number of nitrogens with zero attached hydrogens (tertiary/aromatic N) is 2. The van der Waals surface area contributed by atoms with E-state index in [9.17, 15) is 4.79 Å². The summed E-state index contributed by atoms with van der Waals surface area (Å²) in [5, 5.41) is 7.77. The van der Waals surface area contributed by atoms with Gasteiger partial charge in [-0.15, -0.1) is 10.2 Å². The second-order valence-electron chi connectivity index (χ2n) is 3.51. The van der Waals surface area contributed by atoms with E-state index in [4.69, 9.17) is 4.74 Å². The molecule has 0 spiro atoms. The Hall–Kier alpha value is -1.40. The summed E-state index contributed by atoms with van der Waals surface area (Å²) >= 11 is 3.14. The highest BCUT2D eigenvalue weighted by molar-refractivity contribution is 8.00. The molecule has 1 aromatic carbocycles. The Morgan fingerprint density at radius 1 is 1.39 bits per heavy atom. The molecule has 2 rings (SSSR count). The second kappa shape index (κ2) is 6.51. The molecule has 0 saturated heterocycles. The summed E-state index contributed by atoms with van der Waals surface area (Å²) in [4.78, 5) is 11.3. The molecular weight excluding hydrogens is 268 g/mol. The Balaban J connectivity index is 2.05. The smallest absolute Gasteiger partial charge is 0.309 e. The van der Waals surface area contributed by atoms with Gasteiger partial charge in [-0.1, -0.05) is 47.4 Å². The molecule has 0 aliphatic carbocycles. The minimum atomic E-state index is -0.219. The van der Waals surface area contributed by atoms with Gasteiger partial charge in [0, 0.05) is 5.75 Å². The van der Waals surface area contributed by atoms with Crippen molar-refractivity contribution in [3.05, 3.63) is 40.9 Å². The molecule has 94 valence electrons. The van der Waals surface area contributed by atoms with E-state index in [1.165, 1.54) is 18.4 Å². The number of hydrogen-bond acceptors (Lipinski definition) is 6. The number of methoxy groups -OCH3 is 1. The molecule has 0 aliphatic heterocycles. The van der Waals surface area contributed by atoms with Crippen LogP contribution in [0.1, 0.15) is 11.1 Å². The molecule has 0 saturated carbocycles. The molecule has 6 heteroatoms. The lowest BCUT2D eigenvalue weighted by atomic mass is 10.1. The number of benzene rings is 1. The van der Waals surface area contributed by atoms with Crippen LogP contribution in [0, 0.1) is 0 Å². The van der Waals surface area contributed by atoms with Gasteiger partial charge in [-0.25, -0.2) is 0 Å². The van der Waals surface area contributed by atoms with Gasteiger partial charge >= 0.3 is 5.97 Å². The minimum Gasteiger partial charge on any atom is -0.469 e.